The van der Waals surface area contributed by atoms with Gasteiger partial charge in [-0.3, -0.25) is 14.1 Å². The highest BCUT2D eigenvalue weighted by atomic mass is 32.2. The first-order chi connectivity index (χ1) is 11.9. The molecule has 0 aliphatic heterocycles. The summed E-state index contributed by atoms with van der Waals surface area (Å²) in [5.74, 6) is -0.0971. The first-order valence-electron chi connectivity index (χ1n) is 7.25. The number of aromatic nitrogens is 1. The van der Waals surface area contributed by atoms with Gasteiger partial charge in [0.15, 0.2) is 0 Å². The van der Waals surface area contributed by atoms with Crippen LogP contribution in [-0.4, -0.2) is 45.4 Å². The van der Waals surface area contributed by atoms with Crippen LogP contribution in [0.25, 0.3) is 0 Å². The number of benzene rings is 1. The van der Waals surface area contributed by atoms with Crippen molar-refractivity contribution in [3.05, 3.63) is 54.4 Å². The molecular weight excluding hydrogens is 344 g/mol. The Morgan fingerprint density at radius 1 is 1.32 bits per heavy atom. The number of ether oxygens (including phenoxy) is 1. The third kappa shape index (κ3) is 5.57. The van der Waals surface area contributed by atoms with Crippen LogP contribution in [0, 0.1) is 0 Å². The van der Waals surface area contributed by atoms with Crippen molar-refractivity contribution in [2.75, 3.05) is 24.2 Å². The van der Waals surface area contributed by atoms with Crippen LogP contribution >= 0.6 is 0 Å². The number of hydrogen-bond donors (Lipinski definition) is 1. The fourth-order valence-electron chi connectivity index (χ4n) is 1.95. The number of methoxy groups -OCH3 is 1. The number of nitrogens with one attached hydrogen (secondary N) is 1. The number of hydrogen-bond acceptors (Lipinski definition) is 6. The second-order valence-electron chi connectivity index (χ2n) is 5.02. The number of pyridine rings is 1. The molecule has 0 aliphatic rings. The van der Waals surface area contributed by atoms with Gasteiger partial charge >= 0.3 is 0 Å². The molecule has 0 atom stereocenters. The van der Waals surface area contributed by atoms with E-state index in [2.05, 4.69) is 15.5 Å². The molecule has 0 spiro atoms. The van der Waals surface area contributed by atoms with Crippen LogP contribution in [-0.2, 0) is 14.8 Å². The van der Waals surface area contributed by atoms with E-state index in [4.69, 9.17) is 4.74 Å². The van der Waals surface area contributed by atoms with E-state index < -0.39 is 22.5 Å². The molecule has 1 heterocycles. The molecule has 0 saturated carbocycles. The van der Waals surface area contributed by atoms with Gasteiger partial charge < -0.3 is 4.74 Å². The summed E-state index contributed by atoms with van der Waals surface area (Å²) < 4.78 is 30.1. The minimum Gasteiger partial charge on any atom is -0.497 e. The standard InChI is InChI=1S/C16H18N4O4S/c1-24-15-8-5-7-14(10-15)20(25(2,22)23)12-16(21)19-18-11-13-6-3-4-9-17-13/h3-11H,12H2,1-2H3,(H,19,21)/b18-11-. The normalized spacial score (nSPS) is 11.3. The Balaban J connectivity index is 2.09. The van der Waals surface area contributed by atoms with Crippen LogP contribution in [0.1, 0.15) is 5.69 Å². The lowest BCUT2D eigenvalue weighted by Crippen LogP contribution is -2.39. The zero-order valence-corrected chi connectivity index (χ0v) is 14.6. The summed E-state index contributed by atoms with van der Waals surface area (Å²) in [7, 11) is -2.19. The third-order valence-corrected chi connectivity index (χ3v) is 4.24. The Hall–Kier alpha value is -2.94. The molecule has 0 saturated heterocycles. The van der Waals surface area contributed by atoms with Crippen molar-refractivity contribution in [2.24, 2.45) is 5.10 Å². The Morgan fingerprint density at radius 2 is 2.12 bits per heavy atom. The van der Waals surface area contributed by atoms with Crippen LogP contribution in [0.5, 0.6) is 5.75 Å². The lowest BCUT2D eigenvalue weighted by molar-refractivity contribution is -0.119. The summed E-state index contributed by atoms with van der Waals surface area (Å²) in [6.45, 7) is -0.411. The van der Waals surface area contributed by atoms with Gasteiger partial charge in [0, 0.05) is 12.3 Å². The first kappa shape index (κ1) is 18.4. The zero-order chi connectivity index (χ0) is 18.3. The average Bonchev–Trinajstić information content (AvgIpc) is 2.59. The van der Waals surface area contributed by atoms with Crippen LogP contribution in [0.3, 0.4) is 0 Å². The second-order valence-corrected chi connectivity index (χ2v) is 6.93. The summed E-state index contributed by atoms with van der Waals surface area (Å²) >= 11 is 0. The van der Waals surface area contributed by atoms with E-state index in [9.17, 15) is 13.2 Å². The molecule has 0 unspecified atom stereocenters. The summed E-state index contributed by atoms with van der Waals surface area (Å²) in [4.78, 5) is 16.1. The van der Waals surface area contributed by atoms with Gasteiger partial charge in [-0.05, 0) is 24.3 Å². The van der Waals surface area contributed by atoms with Crippen molar-refractivity contribution >= 4 is 27.8 Å². The molecule has 0 fully saturated rings. The fourth-order valence-corrected chi connectivity index (χ4v) is 2.80. The Kier molecular flexibility index (Phi) is 6.07. The number of anilines is 1. The molecule has 132 valence electrons. The number of carbonyl (C=O) groups excluding carboxylic acids is 1. The second kappa shape index (κ2) is 8.25. The summed E-state index contributed by atoms with van der Waals surface area (Å²) in [6.07, 6.45) is 3.99. The molecule has 1 aromatic carbocycles. The number of rotatable bonds is 7. The smallest absolute Gasteiger partial charge is 0.260 e. The summed E-state index contributed by atoms with van der Waals surface area (Å²) in [6, 6.07) is 11.7. The minimum absolute atomic E-state index is 0.325. The molecule has 2 aromatic rings. The molecule has 0 aliphatic carbocycles. The predicted octanol–water partition coefficient (Wildman–Crippen LogP) is 1.01. The maximum absolute atomic E-state index is 12.0. The van der Waals surface area contributed by atoms with E-state index in [1.807, 2.05) is 0 Å². The summed E-state index contributed by atoms with van der Waals surface area (Å²) in [5, 5.41) is 3.77. The quantitative estimate of drug-likeness (QED) is 0.585. The van der Waals surface area contributed by atoms with Gasteiger partial charge in [0.25, 0.3) is 5.91 Å². The monoisotopic (exact) mass is 362 g/mol. The minimum atomic E-state index is -3.66. The lowest BCUT2D eigenvalue weighted by Gasteiger charge is -2.21. The largest absolute Gasteiger partial charge is 0.497 e. The molecule has 2 rings (SSSR count). The molecule has 0 bridgehead atoms. The van der Waals surface area contributed by atoms with E-state index in [1.165, 1.54) is 19.4 Å². The maximum atomic E-state index is 12.0. The van der Waals surface area contributed by atoms with Crippen molar-refractivity contribution in [2.45, 2.75) is 0 Å². The molecule has 25 heavy (non-hydrogen) atoms. The highest BCUT2D eigenvalue weighted by Gasteiger charge is 2.21. The van der Waals surface area contributed by atoms with Gasteiger partial charge in [0.05, 0.1) is 31.0 Å². The van der Waals surface area contributed by atoms with Gasteiger partial charge in [-0.1, -0.05) is 12.1 Å². The Morgan fingerprint density at radius 3 is 2.76 bits per heavy atom. The Labute approximate surface area is 146 Å². The molecule has 8 nitrogen and oxygen atoms in total. The van der Waals surface area contributed by atoms with E-state index in [0.717, 1.165) is 10.6 Å². The molecule has 1 aromatic heterocycles. The van der Waals surface area contributed by atoms with E-state index in [0.29, 0.717) is 17.1 Å². The van der Waals surface area contributed by atoms with Gasteiger partial charge in [0.2, 0.25) is 10.0 Å². The van der Waals surface area contributed by atoms with Crippen LogP contribution in [0.15, 0.2) is 53.8 Å². The fraction of sp³-hybridized carbons (Fsp3) is 0.188. The number of hydrazone groups is 1. The Bertz CT molecular complexity index is 853. The van der Waals surface area contributed by atoms with Gasteiger partial charge in [-0.2, -0.15) is 5.10 Å². The predicted molar refractivity (Wildman–Crippen MR) is 95.2 cm³/mol. The van der Waals surface area contributed by atoms with E-state index >= 15 is 0 Å². The van der Waals surface area contributed by atoms with Crippen molar-refractivity contribution in [1.29, 1.82) is 0 Å². The molecule has 1 amide bonds. The number of sulfonamides is 1. The van der Waals surface area contributed by atoms with Gasteiger partial charge in [-0.15, -0.1) is 0 Å². The highest BCUT2D eigenvalue weighted by molar-refractivity contribution is 7.92. The topological polar surface area (TPSA) is 101 Å². The SMILES string of the molecule is COc1cccc(N(CC(=O)N/N=C\c2ccccn2)S(C)(=O)=O)c1. The molecular formula is C16H18N4O4S. The molecule has 0 radical (unpaired) electrons. The molecule has 9 heteroatoms. The number of amides is 1. The number of nitrogens with zero attached hydrogens (tertiary/aromatic N) is 3. The van der Waals surface area contributed by atoms with Gasteiger partial charge in [-0.25, -0.2) is 13.8 Å². The number of carbonyl (C=O) groups is 1. The van der Waals surface area contributed by atoms with Crippen molar-refractivity contribution in [3.63, 3.8) is 0 Å². The van der Waals surface area contributed by atoms with E-state index in [1.54, 1.807) is 42.6 Å². The first-order valence-corrected chi connectivity index (χ1v) is 9.09. The van der Waals surface area contributed by atoms with Crippen molar-refractivity contribution in [3.8, 4) is 5.75 Å². The summed E-state index contributed by atoms with van der Waals surface area (Å²) in [5.41, 5.74) is 3.18. The maximum Gasteiger partial charge on any atom is 0.260 e. The van der Waals surface area contributed by atoms with Crippen LogP contribution in [0.4, 0.5) is 5.69 Å². The third-order valence-electron chi connectivity index (χ3n) is 3.10. The van der Waals surface area contributed by atoms with E-state index in [-0.39, 0.29) is 0 Å². The van der Waals surface area contributed by atoms with Crippen molar-refractivity contribution < 1.29 is 17.9 Å². The van der Waals surface area contributed by atoms with Gasteiger partial charge in [0.1, 0.15) is 12.3 Å². The lowest BCUT2D eigenvalue weighted by atomic mass is 10.3. The average molecular weight is 362 g/mol. The molecule has 1 N–H and O–H groups in total. The van der Waals surface area contributed by atoms with Crippen molar-refractivity contribution in [1.82, 2.24) is 10.4 Å². The highest BCUT2D eigenvalue weighted by Crippen LogP contribution is 2.22. The van der Waals surface area contributed by atoms with Crippen LogP contribution in [0.2, 0.25) is 0 Å². The van der Waals surface area contributed by atoms with Crippen LogP contribution < -0.4 is 14.5 Å². The zero-order valence-electron chi connectivity index (χ0n) is 13.8.